The van der Waals surface area contributed by atoms with Crippen molar-refractivity contribution in [3.05, 3.63) is 63.2 Å². The van der Waals surface area contributed by atoms with Gasteiger partial charge >= 0.3 is 0 Å². The fraction of sp³-hybridized carbons (Fsp3) is 0.364. The maximum absolute atomic E-state index is 12.8. The summed E-state index contributed by atoms with van der Waals surface area (Å²) < 4.78 is 0. The number of carbonyl (C=O) groups excluding carboxylic acids is 2. The summed E-state index contributed by atoms with van der Waals surface area (Å²) in [5.74, 6) is -0.116. The molecule has 2 N–H and O–H groups in total. The van der Waals surface area contributed by atoms with Crippen LogP contribution in [-0.2, 0) is 0 Å². The standard InChI is InChI=1S/C22H26N4O4/c1-14-8-10-25(11-9-14)19-7-6-17(13-20(19)26(29)30)22(28)24-18-12-16(21(27)23-3)5-4-15(18)2/h4-7,12-14H,8-11H2,1-3H3,(H,23,27)(H,24,28). The molecule has 0 saturated carbocycles. The fourth-order valence-electron chi connectivity index (χ4n) is 3.56. The second kappa shape index (κ2) is 8.94. The van der Waals surface area contributed by atoms with E-state index in [0.717, 1.165) is 31.5 Å². The average molecular weight is 410 g/mol. The van der Waals surface area contributed by atoms with Gasteiger partial charge in [0.2, 0.25) is 0 Å². The maximum atomic E-state index is 12.8. The minimum Gasteiger partial charge on any atom is -0.366 e. The van der Waals surface area contributed by atoms with Gasteiger partial charge in [0.15, 0.2) is 0 Å². The monoisotopic (exact) mass is 410 g/mol. The zero-order chi connectivity index (χ0) is 21.8. The molecule has 1 saturated heterocycles. The lowest BCUT2D eigenvalue weighted by atomic mass is 9.98. The van der Waals surface area contributed by atoms with E-state index in [2.05, 4.69) is 17.6 Å². The van der Waals surface area contributed by atoms with E-state index in [-0.39, 0.29) is 17.2 Å². The van der Waals surface area contributed by atoms with Crippen molar-refractivity contribution in [2.24, 2.45) is 5.92 Å². The van der Waals surface area contributed by atoms with Gasteiger partial charge in [-0.2, -0.15) is 0 Å². The highest BCUT2D eigenvalue weighted by Gasteiger charge is 2.25. The number of nitrogens with one attached hydrogen (secondary N) is 2. The third-order valence-electron chi connectivity index (χ3n) is 5.53. The van der Waals surface area contributed by atoms with Crippen LogP contribution in [0.4, 0.5) is 17.1 Å². The minimum absolute atomic E-state index is 0.0759. The second-order valence-corrected chi connectivity index (χ2v) is 7.69. The van der Waals surface area contributed by atoms with E-state index in [9.17, 15) is 19.7 Å². The first-order valence-corrected chi connectivity index (χ1v) is 9.97. The molecule has 30 heavy (non-hydrogen) atoms. The summed E-state index contributed by atoms with van der Waals surface area (Å²) in [4.78, 5) is 37.9. The van der Waals surface area contributed by atoms with Gasteiger partial charge in [-0.25, -0.2) is 0 Å². The number of anilines is 2. The number of amides is 2. The molecule has 1 aliphatic rings. The number of benzene rings is 2. The van der Waals surface area contributed by atoms with Crippen LogP contribution in [0.15, 0.2) is 36.4 Å². The lowest BCUT2D eigenvalue weighted by Crippen LogP contribution is -2.33. The Morgan fingerprint density at radius 1 is 1.07 bits per heavy atom. The Bertz CT molecular complexity index is 981. The lowest BCUT2D eigenvalue weighted by Gasteiger charge is -2.31. The van der Waals surface area contributed by atoms with Gasteiger partial charge in [-0.1, -0.05) is 13.0 Å². The van der Waals surface area contributed by atoms with Crippen molar-refractivity contribution in [2.45, 2.75) is 26.7 Å². The highest BCUT2D eigenvalue weighted by atomic mass is 16.6. The summed E-state index contributed by atoms with van der Waals surface area (Å²) in [6.45, 7) is 5.52. The van der Waals surface area contributed by atoms with Crippen molar-refractivity contribution in [1.82, 2.24) is 5.32 Å². The molecule has 1 aliphatic heterocycles. The van der Waals surface area contributed by atoms with Gasteiger partial charge in [-0.15, -0.1) is 0 Å². The lowest BCUT2D eigenvalue weighted by molar-refractivity contribution is -0.384. The molecule has 0 radical (unpaired) electrons. The van der Waals surface area contributed by atoms with E-state index >= 15 is 0 Å². The van der Waals surface area contributed by atoms with Gasteiger partial charge < -0.3 is 15.5 Å². The Morgan fingerprint density at radius 3 is 2.33 bits per heavy atom. The number of nitro benzene ring substituents is 1. The molecule has 8 nitrogen and oxygen atoms in total. The van der Waals surface area contributed by atoms with E-state index < -0.39 is 10.8 Å². The quantitative estimate of drug-likeness (QED) is 0.577. The molecule has 0 aromatic heterocycles. The number of nitrogens with zero attached hydrogens (tertiary/aromatic N) is 2. The first-order chi connectivity index (χ1) is 14.3. The second-order valence-electron chi connectivity index (χ2n) is 7.69. The van der Waals surface area contributed by atoms with Crippen molar-refractivity contribution in [3.8, 4) is 0 Å². The number of piperidine rings is 1. The number of aryl methyl sites for hydroxylation is 1. The van der Waals surface area contributed by atoms with Crippen LogP contribution in [0.5, 0.6) is 0 Å². The molecular weight excluding hydrogens is 384 g/mol. The predicted molar refractivity (Wildman–Crippen MR) is 116 cm³/mol. The number of rotatable bonds is 5. The molecule has 1 heterocycles. The molecule has 8 heteroatoms. The zero-order valence-corrected chi connectivity index (χ0v) is 17.4. The molecule has 2 aromatic carbocycles. The molecule has 0 aliphatic carbocycles. The van der Waals surface area contributed by atoms with Crippen molar-refractivity contribution in [3.63, 3.8) is 0 Å². The predicted octanol–water partition coefficient (Wildman–Crippen LogP) is 3.75. The van der Waals surface area contributed by atoms with Crippen LogP contribution in [0.2, 0.25) is 0 Å². The smallest absolute Gasteiger partial charge is 0.293 e. The van der Waals surface area contributed by atoms with E-state index in [0.29, 0.717) is 22.9 Å². The Morgan fingerprint density at radius 2 is 1.70 bits per heavy atom. The van der Waals surface area contributed by atoms with Crippen LogP contribution < -0.4 is 15.5 Å². The highest BCUT2D eigenvalue weighted by Crippen LogP contribution is 2.32. The van der Waals surface area contributed by atoms with E-state index in [1.165, 1.54) is 13.1 Å². The number of hydrogen-bond donors (Lipinski definition) is 2. The third kappa shape index (κ3) is 4.59. The molecule has 2 aromatic rings. The minimum atomic E-state index is -0.464. The van der Waals surface area contributed by atoms with Crippen LogP contribution in [0.3, 0.4) is 0 Å². The molecule has 2 amide bonds. The van der Waals surface area contributed by atoms with Gasteiger partial charge in [-0.3, -0.25) is 19.7 Å². The zero-order valence-electron chi connectivity index (χ0n) is 17.4. The average Bonchev–Trinajstić information content (AvgIpc) is 2.74. The van der Waals surface area contributed by atoms with Crippen LogP contribution >= 0.6 is 0 Å². The molecule has 0 atom stereocenters. The first-order valence-electron chi connectivity index (χ1n) is 9.97. The van der Waals surface area contributed by atoms with Gasteiger partial charge in [0.1, 0.15) is 5.69 Å². The van der Waals surface area contributed by atoms with Gasteiger partial charge in [-0.05, 0) is 55.5 Å². The Labute approximate surface area is 175 Å². The third-order valence-corrected chi connectivity index (χ3v) is 5.53. The highest BCUT2D eigenvalue weighted by molar-refractivity contribution is 6.06. The summed E-state index contributed by atoms with van der Waals surface area (Å²) >= 11 is 0. The van der Waals surface area contributed by atoms with Gasteiger partial charge in [0.05, 0.1) is 4.92 Å². The van der Waals surface area contributed by atoms with Crippen LogP contribution in [0, 0.1) is 23.0 Å². The summed E-state index contributed by atoms with van der Waals surface area (Å²) in [5.41, 5.74) is 2.34. The van der Waals surface area contributed by atoms with Crippen molar-refractivity contribution in [2.75, 3.05) is 30.4 Å². The summed E-state index contributed by atoms with van der Waals surface area (Å²) in [5, 5.41) is 17.0. The number of nitro groups is 1. The molecular formula is C22H26N4O4. The summed E-state index contributed by atoms with van der Waals surface area (Å²) in [6, 6.07) is 9.57. The van der Waals surface area contributed by atoms with Gasteiger partial charge in [0, 0.05) is 43.0 Å². The molecule has 0 spiro atoms. The van der Waals surface area contributed by atoms with E-state index in [4.69, 9.17) is 0 Å². The van der Waals surface area contributed by atoms with Crippen molar-refractivity contribution < 1.29 is 14.5 Å². The fourth-order valence-corrected chi connectivity index (χ4v) is 3.56. The maximum Gasteiger partial charge on any atom is 0.293 e. The van der Waals surface area contributed by atoms with E-state index in [1.54, 1.807) is 30.3 Å². The Kier molecular flexibility index (Phi) is 6.34. The first kappa shape index (κ1) is 21.3. The number of hydrogen-bond acceptors (Lipinski definition) is 5. The van der Waals surface area contributed by atoms with E-state index in [1.807, 2.05) is 11.8 Å². The summed E-state index contributed by atoms with van der Waals surface area (Å²) in [6.07, 6.45) is 1.97. The SMILES string of the molecule is CNC(=O)c1ccc(C)c(NC(=O)c2ccc(N3CCC(C)CC3)c([N+](=O)[O-])c2)c1. The molecule has 3 rings (SSSR count). The van der Waals surface area contributed by atoms with Crippen LogP contribution in [0.1, 0.15) is 46.0 Å². The molecule has 0 bridgehead atoms. The number of carbonyl (C=O) groups is 2. The van der Waals surface area contributed by atoms with Crippen molar-refractivity contribution in [1.29, 1.82) is 0 Å². The molecule has 158 valence electrons. The van der Waals surface area contributed by atoms with Gasteiger partial charge in [0.25, 0.3) is 17.5 Å². The summed E-state index contributed by atoms with van der Waals surface area (Å²) in [7, 11) is 1.53. The Balaban J connectivity index is 1.85. The molecule has 1 fully saturated rings. The normalized spacial score (nSPS) is 14.3. The Hall–Kier alpha value is -3.42. The topological polar surface area (TPSA) is 105 Å². The molecule has 0 unspecified atom stereocenters. The van der Waals surface area contributed by atoms with Crippen LogP contribution in [-0.4, -0.2) is 36.9 Å². The largest absolute Gasteiger partial charge is 0.366 e. The van der Waals surface area contributed by atoms with Crippen molar-refractivity contribution >= 4 is 28.9 Å². The van der Waals surface area contributed by atoms with Crippen LogP contribution in [0.25, 0.3) is 0 Å².